The molecule has 1 aromatic heterocycles. The first-order valence-electron chi connectivity index (χ1n) is 8.05. The third kappa shape index (κ3) is 2.33. The van der Waals surface area contributed by atoms with E-state index in [1.165, 1.54) is 6.07 Å². The molecule has 3 heterocycles. The number of pyridine rings is 1. The molecule has 2 aliphatic heterocycles. The molecule has 0 saturated carbocycles. The number of hydrogen-bond donors (Lipinski definition) is 0. The molecule has 0 spiro atoms. The molecular weight excluding hydrogens is 308 g/mol. The molecule has 0 N–H and O–H groups in total. The predicted molar refractivity (Wildman–Crippen MR) is 89.7 cm³/mol. The second-order valence-electron chi connectivity index (χ2n) is 7.28. The lowest BCUT2D eigenvalue weighted by Crippen LogP contribution is -2.41. The van der Waals surface area contributed by atoms with Crippen LogP contribution in [0.25, 0.3) is 11.1 Å². The Labute approximate surface area is 141 Å². The SMILES string of the molecule is CC1(C)OB(c2ccc3c(c2)COc2nc(F)ccc2-3)OC1(C)C. The van der Waals surface area contributed by atoms with Gasteiger partial charge in [-0.2, -0.15) is 9.37 Å². The average Bonchev–Trinajstić information content (AvgIpc) is 2.74. The zero-order valence-corrected chi connectivity index (χ0v) is 14.2. The van der Waals surface area contributed by atoms with Crippen LogP contribution in [0, 0.1) is 5.95 Å². The normalized spacial score (nSPS) is 20.3. The molecule has 2 aliphatic rings. The van der Waals surface area contributed by atoms with Crippen molar-refractivity contribution in [1.29, 1.82) is 0 Å². The van der Waals surface area contributed by atoms with Crippen molar-refractivity contribution in [3.05, 3.63) is 41.8 Å². The van der Waals surface area contributed by atoms with Gasteiger partial charge in [-0.3, -0.25) is 0 Å². The molecule has 6 heteroatoms. The van der Waals surface area contributed by atoms with Gasteiger partial charge in [-0.15, -0.1) is 0 Å². The third-order valence-corrected chi connectivity index (χ3v) is 5.14. The predicted octanol–water partition coefficient (Wildman–Crippen LogP) is 3.08. The first-order valence-corrected chi connectivity index (χ1v) is 8.05. The van der Waals surface area contributed by atoms with Gasteiger partial charge in [0, 0.05) is 5.56 Å². The fourth-order valence-corrected chi connectivity index (χ4v) is 3.00. The minimum absolute atomic E-state index is 0.339. The van der Waals surface area contributed by atoms with Crippen molar-refractivity contribution in [2.24, 2.45) is 0 Å². The van der Waals surface area contributed by atoms with E-state index >= 15 is 0 Å². The molecule has 0 unspecified atom stereocenters. The standard InChI is InChI=1S/C18H19BFNO3/c1-17(2)18(3,4)24-19(23-17)12-5-6-13-11(9-12)10-22-16-14(13)7-8-15(20)21-16/h5-9H,10H2,1-4H3. The smallest absolute Gasteiger partial charge is 0.472 e. The van der Waals surface area contributed by atoms with Gasteiger partial charge in [-0.05, 0) is 56.4 Å². The Morgan fingerprint density at radius 2 is 1.67 bits per heavy atom. The van der Waals surface area contributed by atoms with E-state index in [0.29, 0.717) is 12.5 Å². The van der Waals surface area contributed by atoms with Gasteiger partial charge in [0.25, 0.3) is 0 Å². The van der Waals surface area contributed by atoms with Crippen molar-refractivity contribution in [2.75, 3.05) is 0 Å². The molecule has 0 radical (unpaired) electrons. The lowest BCUT2D eigenvalue weighted by atomic mass is 9.77. The Balaban J connectivity index is 1.70. The van der Waals surface area contributed by atoms with Gasteiger partial charge < -0.3 is 14.0 Å². The summed E-state index contributed by atoms with van der Waals surface area (Å²) in [6, 6.07) is 9.06. The zero-order valence-electron chi connectivity index (χ0n) is 14.2. The summed E-state index contributed by atoms with van der Waals surface area (Å²) in [5.74, 6) is -0.197. The van der Waals surface area contributed by atoms with E-state index in [4.69, 9.17) is 14.0 Å². The maximum atomic E-state index is 13.3. The van der Waals surface area contributed by atoms with Crippen molar-refractivity contribution in [3.8, 4) is 17.0 Å². The van der Waals surface area contributed by atoms with Crippen molar-refractivity contribution in [2.45, 2.75) is 45.5 Å². The summed E-state index contributed by atoms with van der Waals surface area (Å²) in [5.41, 5.74) is 3.02. The molecule has 4 rings (SSSR count). The van der Waals surface area contributed by atoms with Crippen LogP contribution in [-0.4, -0.2) is 23.3 Å². The number of aromatic nitrogens is 1. The van der Waals surface area contributed by atoms with Crippen molar-refractivity contribution >= 4 is 12.6 Å². The van der Waals surface area contributed by atoms with Gasteiger partial charge >= 0.3 is 7.12 Å². The number of hydrogen-bond acceptors (Lipinski definition) is 4. The molecule has 124 valence electrons. The average molecular weight is 327 g/mol. The quantitative estimate of drug-likeness (QED) is 0.596. The Bertz CT molecular complexity index is 806. The molecule has 1 aromatic carbocycles. The van der Waals surface area contributed by atoms with Crippen molar-refractivity contribution < 1.29 is 18.4 Å². The van der Waals surface area contributed by atoms with E-state index in [9.17, 15) is 4.39 Å². The molecule has 0 bridgehead atoms. The number of nitrogens with zero attached hydrogens (tertiary/aromatic N) is 1. The highest BCUT2D eigenvalue weighted by atomic mass is 19.1. The summed E-state index contributed by atoms with van der Waals surface area (Å²) >= 11 is 0. The summed E-state index contributed by atoms with van der Waals surface area (Å²) in [4.78, 5) is 3.81. The van der Waals surface area contributed by atoms with Gasteiger partial charge in [-0.25, -0.2) is 0 Å². The van der Waals surface area contributed by atoms with Crippen LogP contribution in [0.15, 0.2) is 30.3 Å². The second kappa shape index (κ2) is 5.04. The maximum Gasteiger partial charge on any atom is 0.494 e. The van der Waals surface area contributed by atoms with Crippen LogP contribution in [0.3, 0.4) is 0 Å². The van der Waals surface area contributed by atoms with E-state index in [1.807, 2.05) is 45.9 Å². The van der Waals surface area contributed by atoms with E-state index in [0.717, 1.165) is 22.2 Å². The van der Waals surface area contributed by atoms with Crippen LogP contribution in [0.2, 0.25) is 0 Å². The lowest BCUT2D eigenvalue weighted by Gasteiger charge is -2.32. The number of halogens is 1. The van der Waals surface area contributed by atoms with Crippen LogP contribution in [0.1, 0.15) is 33.3 Å². The monoisotopic (exact) mass is 327 g/mol. The molecule has 0 amide bonds. The van der Waals surface area contributed by atoms with E-state index in [1.54, 1.807) is 6.07 Å². The Kier molecular flexibility index (Phi) is 3.28. The highest BCUT2D eigenvalue weighted by molar-refractivity contribution is 6.62. The minimum Gasteiger partial charge on any atom is -0.472 e. The number of fused-ring (bicyclic) bond motifs is 3. The fraction of sp³-hybridized carbons (Fsp3) is 0.389. The molecular formula is C18H19BFNO3. The van der Waals surface area contributed by atoms with Crippen LogP contribution in [0.5, 0.6) is 5.88 Å². The molecule has 24 heavy (non-hydrogen) atoms. The van der Waals surface area contributed by atoms with Gasteiger partial charge in [0.15, 0.2) is 0 Å². The van der Waals surface area contributed by atoms with Crippen LogP contribution in [0.4, 0.5) is 4.39 Å². The van der Waals surface area contributed by atoms with Gasteiger partial charge in [0.1, 0.15) is 6.61 Å². The minimum atomic E-state index is -0.536. The summed E-state index contributed by atoms with van der Waals surface area (Å²) < 4.78 is 31.1. The second-order valence-corrected chi connectivity index (χ2v) is 7.28. The Morgan fingerprint density at radius 1 is 1.00 bits per heavy atom. The largest absolute Gasteiger partial charge is 0.494 e. The van der Waals surface area contributed by atoms with E-state index < -0.39 is 13.1 Å². The van der Waals surface area contributed by atoms with Crippen LogP contribution >= 0.6 is 0 Å². The number of ether oxygens (including phenoxy) is 1. The van der Waals surface area contributed by atoms with Crippen LogP contribution in [-0.2, 0) is 15.9 Å². The maximum absolute atomic E-state index is 13.3. The highest BCUT2D eigenvalue weighted by Crippen LogP contribution is 2.38. The number of rotatable bonds is 1. The summed E-state index contributed by atoms with van der Waals surface area (Å²) in [5, 5.41) is 0. The van der Waals surface area contributed by atoms with Crippen LogP contribution < -0.4 is 10.2 Å². The summed E-state index contributed by atoms with van der Waals surface area (Å²) in [6.45, 7) is 8.48. The molecule has 1 saturated heterocycles. The number of benzene rings is 1. The van der Waals surface area contributed by atoms with Crippen molar-refractivity contribution in [3.63, 3.8) is 0 Å². The molecule has 0 aliphatic carbocycles. The lowest BCUT2D eigenvalue weighted by molar-refractivity contribution is 0.00578. The summed E-state index contributed by atoms with van der Waals surface area (Å²) in [7, 11) is -0.409. The van der Waals surface area contributed by atoms with E-state index in [-0.39, 0.29) is 11.2 Å². The summed E-state index contributed by atoms with van der Waals surface area (Å²) in [6.07, 6.45) is 0. The Morgan fingerprint density at radius 3 is 2.38 bits per heavy atom. The molecule has 4 nitrogen and oxygen atoms in total. The fourth-order valence-electron chi connectivity index (χ4n) is 3.00. The van der Waals surface area contributed by atoms with Crippen molar-refractivity contribution in [1.82, 2.24) is 4.98 Å². The Hall–Kier alpha value is -1.92. The molecule has 1 fully saturated rings. The highest BCUT2D eigenvalue weighted by Gasteiger charge is 2.51. The topological polar surface area (TPSA) is 40.6 Å². The van der Waals surface area contributed by atoms with Gasteiger partial charge in [0.2, 0.25) is 11.8 Å². The third-order valence-electron chi connectivity index (χ3n) is 5.14. The first kappa shape index (κ1) is 15.6. The first-order chi connectivity index (χ1) is 11.3. The van der Waals surface area contributed by atoms with Gasteiger partial charge in [-0.1, -0.05) is 18.2 Å². The molecule has 2 aromatic rings. The van der Waals surface area contributed by atoms with E-state index in [2.05, 4.69) is 4.98 Å². The molecule has 0 atom stereocenters. The van der Waals surface area contributed by atoms with Gasteiger partial charge in [0.05, 0.1) is 11.2 Å². The zero-order chi connectivity index (χ0) is 17.1.